The predicted molar refractivity (Wildman–Crippen MR) is 74.8 cm³/mol. The van der Waals surface area contributed by atoms with Gasteiger partial charge in [0.15, 0.2) is 0 Å². The fourth-order valence-corrected chi connectivity index (χ4v) is 2.34. The predicted octanol–water partition coefficient (Wildman–Crippen LogP) is 2.22. The Kier molecular flexibility index (Phi) is 5.48. The molecule has 1 heterocycles. The number of ether oxygens (including phenoxy) is 3. The van der Waals surface area contributed by atoms with E-state index in [0.29, 0.717) is 0 Å². The third-order valence-electron chi connectivity index (χ3n) is 3.51. The van der Waals surface area contributed by atoms with Crippen LogP contribution in [-0.2, 0) is 11.3 Å². The summed E-state index contributed by atoms with van der Waals surface area (Å²) >= 11 is 0. The first-order valence-electron chi connectivity index (χ1n) is 6.82. The highest BCUT2D eigenvalue weighted by molar-refractivity contribution is 5.38. The maximum absolute atomic E-state index is 5.36. The Morgan fingerprint density at radius 2 is 1.74 bits per heavy atom. The van der Waals surface area contributed by atoms with Crippen LogP contribution in [0.3, 0.4) is 0 Å². The summed E-state index contributed by atoms with van der Waals surface area (Å²) < 4.78 is 15.9. The summed E-state index contributed by atoms with van der Waals surface area (Å²) in [7, 11) is 3.35. The second-order valence-electron chi connectivity index (χ2n) is 4.91. The van der Waals surface area contributed by atoms with Crippen molar-refractivity contribution >= 4 is 0 Å². The van der Waals surface area contributed by atoms with Crippen LogP contribution in [-0.4, -0.2) is 34.0 Å². The minimum absolute atomic E-state index is 0.737. The maximum Gasteiger partial charge on any atom is 0.122 e. The van der Waals surface area contributed by atoms with E-state index < -0.39 is 0 Å². The lowest BCUT2D eigenvalue weighted by atomic mass is 10.0. The molecule has 1 aliphatic rings. The van der Waals surface area contributed by atoms with E-state index in [9.17, 15) is 0 Å². The average molecular weight is 265 g/mol. The Hall–Kier alpha value is -1.26. The number of nitrogens with one attached hydrogen (secondary N) is 1. The van der Waals surface area contributed by atoms with Gasteiger partial charge in [-0.15, -0.1) is 0 Å². The summed E-state index contributed by atoms with van der Waals surface area (Å²) in [6.07, 6.45) is 2.32. The van der Waals surface area contributed by atoms with Crippen LogP contribution in [0.4, 0.5) is 0 Å². The fourth-order valence-electron chi connectivity index (χ4n) is 2.34. The molecule has 1 saturated heterocycles. The zero-order chi connectivity index (χ0) is 13.5. The average Bonchev–Trinajstić information content (AvgIpc) is 2.48. The molecule has 106 valence electrons. The van der Waals surface area contributed by atoms with Crippen molar-refractivity contribution in [2.24, 2.45) is 5.92 Å². The molecule has 4 nitrogen and oxygen atoms in total. The molecule has 0 radical (unpaired) electrons. The largest absolute Gasteiger partial charge is 0.497 e. The van der Waals surface area contributed by atoms with Gasteiger partial charge >= 0.3 is 0 Å². The smallest absolute Gasteiger partial charge is 0.122 e. The van der Waals surface area contributed by atoms with Crippen molar-refractivity contribution in [1.29, 1.82) is 0 Å². The molecule has 0 aliphatic carbocycles. The zero-order valence-corrected chi connectivity index (χ0v) is 11.8. The van der Waals surface area contributed by atoms with E-state index in [1.54, 1.807) is 14.2 Å². The van der Waals surface area contributed by atoms with Gasteiger partial charge in [0, 0.05) is 25.8 Å². The minimum Gasteiger partial charge on any atom is -0.497 e. The first kappa shape index (κ1) is 14.2. The maximum atomic E-state index is 5.36. The standard InChI is InChI=1S/C15H23NO3/c1-17-14-7-13(8-15(9-14)18-2)11-16-10-12-3-5-19-6-4-12/h7-9,12,16H,3-6,10-11H2,1-2H3. The first-order chi connectivity index (χ1) is 9.31. The van der Waals surface area contributed by atoms with E-state index in [-0.39, 0.29) is 0 Å². The van der Waals surface area contributed by atoms with Crippen LogP contribution < -0.4 is 14.8 Å². The van der Waals surface area contributed by atoms with Crippen molar-refractivity contribution in [1.82, 2.24) is 5.32 Å². The molecule has 0 saturated carbocycles. The lowest BCUT2D eigenvalue weighted by Crippen LogP contribution is -2.27. The highest BCUT2D eigenvalue weighted by Crippen LogP contribution is 2.22. The molecule has 19 heavy (non-hydrogen) atoms. The number of benzene rings is 1. The summed E-state index contributed by atoms with van der Waals surface area (Å²) in [5.41, 5.74) is 1.18. The molecule has 2 rings (SSSR count). The highest BCUT2D eigenvalue weighted by atomic mass is 16.5. The summed E-state index contributed by atoms with van der Waals surface area (Å²) in [6, 6.07) is 5.97. The fraction of sp³-hybridized carbons (Fsp3) is 0.600. The van der Waals surface area contributed by atoms with Crippen LogP contribution in [0.25, 0.3) is 0 Å². The molecule has 4 heteroatoms. The van der Waals surface area contributed by atoms with Gasteiger partial charge in [0.05, 0.1) is 14.2 Å². The van der Waals surface area contributed by atoms with E-state index in [4.69, 9.17) is 14.2 Å². The first-order valence-corrected chi connectivity index (χ1v) is 6.82. The molecule has 1 aliphatic heterocycles. The van der Waals surface area contributed by atoms with Gasteiger partial charge in [-0.1, -0.05) is 0 Å². The van der Waals surface area contributed by atoms with Crippen molar-refractivity contribution < 1.29 is 14.2 Å². The molecule has 1 N–H and O–H groups in total. The zero-order valence-electron chi connectivity index (χ0n) is 11.8. The monoisotopic (exact) mass is 265 g/mol. The Bertz CT molecular complexity index is 367. The highest BCUT2D eigenvalue weighted by Gasteiger charge is 2.13. The SMILES string of the molecule is COc1cc(CNCC2CCOCC2)cc(OC)c1. The summed E-state index contributed by atoms with van der Waals surface area (Å²) in [4.78, 5) is 0. The number of hydrogen-bond donors (Lipinski definition) is 1. The Morgan fingerprint density at radius 1 is 1.11 bits per heavy atom. The van der Waals surface area contributed by atoms with Gasteiger partial charge in [-0.2, -0.15) is 0 Å². The molecule has 1 aromatic rings. The van der Waals surface area contributed by atoms with Crippen molar-refractivity contribution in [3.05, 3.63) is 23.8 Å². The number of hydrogen-bond acceptors (Lipinski definition) is 4. The van der Waals surface area contributed by atoms with Gasteiger partial charge in [0.1, 0.15) is 11.5 Å². The van der Waals surface area contributed by atoms with Crippen molar-refractivity contribution in [2.45, 2.75) is 19.4 Å². The molecular weight excluding hydrogens is 242 g/mol. The van der Waals surface area contributed by atoms with Crippen molar-refractivity contribution in [2.75, 3.05) is 34.0 Å². The molecule has 0 unspecified atom stereocenters. The second-order valence-corrected chi connectivity index (χ2v) is 4.91. The second kappa shape index (κ2) is 7.36. The van der Waals surface area contributed by atoms with Crippen LogP contribution >= 0.6 is 0 Å². The lowest BCUT2D eigenvalue weighted by molar-refractivity contribution is 0.0662. The third-order valence-corrected chi connectivity index (χ3v) is 3.51. The van der Waals surface area contributed by atoms with Crippen LogP contribution in [0, 0.1) is 5.92 Å². The normalized spacial score (nSPS) is 16.3. The van der Waals surface area contributed by atoms with Gasteiger partial charge in [-0.25, -0.2) is 0 Å². The quantitative estimate of drug-likeness (QED) is 0.856. The molecule has 0 bridgehead atoms. The van der Waals surface area contributed by atoms with Gasteiger partial charge in [-0.3, -0.25) is 0 Å². The van der Waals surface area contributed by atoms with Gasteiger partial charge in [0.2, 0.25) is 0 Å². The lowest BCUT2D eigenvalue weighted by Gasteiger charge is -2.22. The van der Waals surface area contributed by atoms with E-state index in [2.05, 4.69) is 5.32 Å². The summed E-state index contributed by atoms with van der Waals surface area (Å²) in [6.45, 7) is 3.69. The van der Waals surface area contributed by atoms with Crippen LogP contribution in [0.2, 0.25) is 0 Å². The van der Waals surface area contributed by atoms with Crippen molar-refractivity contribution in [3.63, 3.8) is 0 Å². The molecule has 0 amide bonds. The van der Waals surface area contributed by atoms with E-state index >= 15 is 0 Å². The molecule has 1 fully saturated rings. The Morgan fingerprint density at radius 3 is 2.32 bits per heavy atom. The molecule has 1 aromatic carbocycles. The number of methoxy groups -OCH3 is 2. The summed E-state index contributed by atoms with van der Waals surface area (Å²) in [5, 5.41) is 3.51. The minimum atomic E-state index is 0.737. The third kappa shape index (κ3) is 4.40. The molecule has 0 aromatic heterocycles. The van der Waals surface area contributed by atoms with Crippen LogP contribution in [0.15, 0.2) is 18.2 Å². The van der Waals surface area contributed by atoms with E-state index in [0.717, 1.165) is 56.6 Å². The van der Waals surface area contributed by atoms with E-state index in [1.165, 1.54) is 5.56 Å². The Labute approximate surface area is 115 Å². The number of rotatable bonds is 6. The van der Waals surface area contributed by atoms with Gasteiger partial charge in [0.25, 0.3) is 0 Å². The van der Waals surface area contributed by atoms with E-state index in [1.807, 2.05) is 18.2 Å². The van der Waals surface area contributed by atoms with Crippen molar-refractivity contribution in [3.8, 4) is 11.5 Å². The molecular formula is C15H23NO3. The van der Waals surface area contributed by atoms with Crippen LogP contribution in [0.5, 0.6) is 11.5 Å². The molecule has 0 spiro atoms. The van der Waals surface area contributed by atoms with Gasteiger partial charge < -0.3 is 19.5 Å². The molecule has 0 atom stereocenters. The topological polar surface area (TPSA) is 39.7 Å². The van der Waals surface area contributed by atoms with Crippen LogP contribution in [0.1, 0.15) is 18.4 Å². The van der Waals surface area contributed by atoms with Gasteiger partial charge in [-0.05, 0) is 43.0 Å². The summed E-state index contributed by atoms with van der Waals surface area (Å²) in [5.74, 6) is 2.41. The Balaban J connectivity index is 1.84.